The zero-order valence-corrected chi connectivity index (χ0v) is 10.5. The first-order valence-electron chi connectivity index (χ1n) is 4.84. The van der Waals surface area contributed by atoms with Crippen LogP contribution in [-0.4, -0.2) is 20.9 Å². The zero-order valence-electron chi connectivity index (χ0n) is 8.83. The van der Waals surface area contributed by atoms with Crippen LogP contribution >= 0.6 is 23.1 Å². The number of hydrogen-bond acceptors (Lipinski definition) is 7. The lowest BCUT2D eigenvalue weighted by molar-refractivity contribution is 0.994. The predicted octanol–water partition coefficient (Wildman–Crippen LogP) is 2.16. The van der Waals surface area contributed by atoms with Crippen LogP contribution in [0.2, 0.25) is 0 Å². The third-order valence-corrected chi connectivity index (χ3v) is 3.71. The molecule has 0 fully saturated rings. The molecule has 0 atom stereocenters. The number of rotatable bonds is 5. The first-order chi connectivity index (χ1) is 8.38. The smallest absolute Gasteiger partial charge is 0.206 e. The van der Waals surface area contributed by atoms with E-state index in [-0.39, 0.29) is 0 Å². The summed E-state index contributed by atoms with van der Waals surface area (Å²) in [6, 6.07) is 5.94. The molecule has 0 aliphatic heterocycles. The molecule has 2 aromatic heterocycles. The van der Waals surface area contributed by atoms with Gasteiger partial charge in [0.2, 0.25) is 5.13 Å². The highest BCUT2D eigenvalue weighted by Crippen LogP contribution is 2.25. The molecule has 86 valence electrons. The molecule has 1 N–H and O–H groups in total. The van der Waals surface area contributed by atoms with Gasteiger partial charge >= 0.3 is 0 Å². The van der Waals surface area contributed by atoms with Crippen molar-refractivity contribution in [3.8, 4) is 6.07 Å². The van der Waals surface area contributed by atoms with E-state index in [0.29, 0.717) is 12.3 Å². The predicted molar refractivity (Wildman–Crippen MR) is 67.8 cm³/mol. The molecule has 7 heteroatoms. The van der Waals surface area contributed by atoms with Crippen LogP contribution in [0.25, 0.3) is 0 Å². The van der Waals surface area contributed by atoms with Gasteiger partial charge in [-0.1, -0.05) is 29.2 Å². The third kappa shape index (κ3) is 3.69. The standard InChI is InChI=1S/C10H9N5S2/c11-3-5-16-10-15-14-9(17-10)13-7-8-2-1-4-12-6-8/h1-2,4,6H,5,7H2,(H,13,14). The van der Waals surface area contributed by atoms with Crippen molar-refractivity contribution in [1.29, 1.82) is 5.26 Å². The van der Waals surface area contributed by atoms with E-state index in [1.54, 1.807) is 12.4 Å². The summed E-state index contributed by atoms with van der Waals surface area (Å²) >= 11 is 2.84. The Hall–Kier alpha value is -1.65. The summed E-state index contributed by atoms with van der Waals surface area (Å²) in [6.45, 7) is 0.672. The molecule has 0 aromatic carbocycles. The molecule has 2 heterocycles. The average Bonchev–Trinajstić information content (AvgIpc) is 2.83. The topological polar surface area (TPSA) is 74.5 Å². The fourth-order valence-corrected chi connectivity index (χ4v) is 2.52. The summed E-state index contributed by atoms with van der Waals surface area (Å²) in [5.41, 5.74) is 1.09. The second-order valence-electron chi connectivity index (χ2n) is 3.03. The Morgan fingerprint density at radius 2 is 2.41 bits per heavy atom. The summed E-state index contributed by atoms with van der Waals surface area (Å²) in [5.74, 6) is 0.400. The lowest BCUT2D eigenvalue weighted by atomic mass is 10.3. The number of pyridine rings is 1. The van der Waals surface area contributed by atoms with Crippen LogP contribution in [0.1, 0.15) is 5.56 Å². The Bertz CT molecular complexity index is 505. The van der Waals surface area contributed by atoms with Gasteiger partial charge < -0.3 is 5.32 Å². The zero-order chi connectivity index (χ0) is 11.9. The summed E-state index contributed by atoms with van der Waals surface area (Å²) in [7, 11) is 0. The van der Waals surface area contributed by atoms with Crippen LogP contribution in [0, 0.1) is 11.3 Å². The van der Waals surface area contributed by atoms with Crippen LogP contribution in [0.15, 0.2) is 28.9 Å². The van der Waals surface area contributed by atoms with Gasteiger partial charge in [-0.2, -0.15) is 5.26 Å². The number of hydrogen-bond donors (Lipinski definition) is 1. The van der Waals surface area contributed by atoms with Crippen LogP contribution in [-0.2, 0) is 6.54 Å². The molecule has 0 aliphatic carbocycles. The average molecular weight is 263 g/mol. The van der Waals surface area contributed by atoms with Crippen molar-refractivity contribution in [2.45, 2.75) is 10.9 Å². The highest BCUT2D eigenvalue weighted by atomic mass is 32.2. The maximum absolute atomic E-state index is 8.45. The fraction of sp³-hybridized carbons (Fsp3) is 0.200. The van der Waals surface area contributed by atoms with E-state index in [0.717, 1.165) is 15.0 Å². The second-order valence-corrected chi connectivity index (χ2v) is 5.23. The van der Waals surface area contributed by atoms with Crippen molar-refractivity contribution >= 4 is 28.2 Å². The van der Waals surface area contributed by atoms with Gasteiger partial charge in [0, 0.05) is 18.9 Å². The van der Waals surface area contributed by atoms with E-state index < -0.39 is 0 Å². The van der Waals surface area contributed by atoms with Crippen molar-refractivity contribution in [2.24, 2.45) is 0 Å². The minimum absolute atomic E-state index is 0.400. The molecule has 0 saturated carbocycles. The Kier molecular flexibility index (Phi) is 4.30. The van der Waals surface area contributed by atoms with Crippen LogP contribution in [0.3, 0.4) is 0 Å². The van der Waals surface area contributed by atoms with Gasteiger partial charge in [-0.25, -0.2) is 0 Å². The molecule has 17 heavy (non-hydrogen) atoms. The van der Waals surface area contributed by atoms with Gasteiger partial charge in [0.1, 0.15) is 0 Å². The van der Waals surface area contributed by atoms with Crippen LogP contribution in [0.5, 0.6) is 0 Å². The molecule has 0 spiro atoms. The van der Waals surface area contributed by atoms with Gasteiger partial charge in [-0.05, 0) is 11.6 Å². The minimum atomic E-state index is 0.400. The van der Waals surface area contributed by atoms with Gasteiger partial charge in [-0.3, -0.25) is 4.98 Å². The normalized spacial score (nSPS) is 9.82. The van der Waals surface area contributed by atoms with E-state index in [9.17, 15) is 0 Å². The molecule has 0 unspecified atom stereocenters. The minimum Gasteiger partial charge on any atom is -0.356 e. The van der Waals surface area contributed by atoms with Gasteiger partial charge in [-0.15, -0.1) is 10.2 Å². The number of nitrogens with zero attached hydrogens (tertiary/aromatic N) is 4. The molecule has 5 nitrogen and oxygen atoms in total. The maximum Gasteiger partial charge on any atom is 0.206 e. The number of nitriles is 1. The third-order valence-electron chi connectivity index (χ3n) is 1.83. The Morgan fingerprint density at radius 3 is 3.18 bits per heavy atom. The van der Waals surface area contributed by atoms with Gasteiger partial charge in [0.15, 0.2) is 4.34 Å². The highest BCUT2D eigenvalue weighted by molar-refractivity contribution is 8.01. The fourth-order valence-electron chi connectivity index (χ4n) is 1.11. The number of nitrogens with one attached hydrogen (secondary N) is 1. The van der Waals surface area contributed by atoms with Crippen molar-refractivity contribution in [3.63, 3.8) is 0 Å². The van der Waals surface area contributed by atoms with Crippen molar-refractivity contribution < 1.29 is 0 Å². The second kappa shape index (κ2) is 6.18. The lowest BCUT2D eigenvalue weighted by Gasteiger charge is -2.00. The first-order valence-corrected chi connectivity index (χ1v) is 6.65. The van der Waals surface area contributed by atoms with E-state index >= 15 is 0 Å². The molecular formula is C10H9N5S2. The molecule has 0 saturated heterocycles. The Labute approximate surface area is 107 Å². The SMILES string of the molecule is N#CCSc1nnc(NCc2cccnc2)s1. The molecule has 2 rings (SSSR count). The molecule has 0 radical (unpaired) electrons. The van der Waals surface area contributed by atoms with Crippen molar-refractivity contribution in [2.75, 3.05) is 11.1 Å². The summed E-state index contributed by atoms with van der Waals surface area (Å²) in [6.07, 6.45) is 3.55. The number of thioether (sulfide) groups is 1. The quantitative estimate of drug-likeness (QED) is 0.833. The molecule has 2 aromatic rings. The monoisotopic (exact) mass is 263 g/mol. The summed E-state index contributed by atoms with van der Waals surface area (Å²) in [5, 5.41) is 20.3. The summed E-state index contributed by atoms with van der Waals surface area (Å²) < 4.78 is 0.806. The lowest BCUT2D eigenvalue weighted by Crippen LogP contribution is -1.98. The molecular weight excluding hydrogens is 254 g/mol. The molecule has 0 amide bonds. The van der Waals surface area contributed by atoms with Gasteiger partial charge in [0.25, 0.3) is 0 Å². The van der Waals surface area contributed by atoms with E-state index in [1.807, 2.05) is 12.1 Å². The molecule has 0 aliphatic rings. The van der Waals surface area contributed by atoms with Crippen molar-refractivity contribution in [3.05, 3.63) is 30.1 Å². The Morgan fingerprint density at radius 1 is 1.47 bits per heavy atom. The largest absolute Gasteiger partial charge is 0.356 e. The number of anilines is 1. The highest BCUT2D eigenvalue weighted by Gasteiger charge is 2.03. The van der Waals surface area contributed by atoms with Crippen LogP contribution < -0.4 is 5.32 Å². The Balaban J connectivity index is 1.87. The van der Waals surface area contributed by atoms with E-state index in [4.69, 9.17) is 5.26 Å². The van der Waals surface area contributed by atoms with Crippen LogP contribution in [0.4, 0.5) is 5.13 Å². The van der Waals surface area contributed by atoms with Gasteiger partial charge in [0.05, 0.1) is 11.8 Å². The van der Waals surface area contributed by atoms with E-state index in [1.165, 1.54) is 23.1 Å². The van der Waals surface area contributed by atoms with Crippen molar-refractivity contribution in [1.82, 2.24) is 15.2 Å². The molecule has 0 bridgehead atoms. The summed E-state index contributed by atoms with van der Waals surface area (Å²) in [4.78, 5) is 4.03. The first kappa shape index (κ1) is 11.8. The van der Waals surface area contributed by atoms with E-state index in [2.05, 4.69) is 26.6 Å². The number of aromatic nitrogens is 3. The maximum atomic E-state index is 8.45.